The minimum absolute atomic E-state index is 0.0376. The van der Waals surface area contributed by atoms with Gasteiger partial charge in [0.15, 0.2) is 0 Å². The molecule has 0 aliphatic heterocycles. The van der Waals surface area contributed by atoms with Crippen molar-refractivity contribution in [3.63, 3.8) is 0 Å². The molecule has 0 atom stereocenters. The molecule has 0 heterocycles. The van der Waals surface area contributed by atoms with Gasteiger partial charge in [0, 0.05) is 24.1 Å². The van der Waals surface area contributed by atoms with E-state index < -0.39 is 17.6 Å². The highest BCUT2D eigenvalue weighted by Gasteiger charge is 2.35. The monoisotopic (exact) mass is 365 g/mol. The van der Waals surface area contributed by atoms with Gasteiger partial charge >= 0.3 is 5.97 Å². The van der Waals surface area contributed by atoms with E-state index in [4.69, 9.17) is 5.11 Å². The van der Waals surface area contributed by atoms with Gasteiger partial charge in [-0.1, -0.05) is 12.8 Å². The minimum atomic E-state index is -0.801. The molecule has 4 nitrogen and oxygen atoms in total. The number of halogens is 2. The van der Waals surface area contributed by atoms with Gasteiger partial charge in [0.05, 0.1) is 5.92 Å². The van der Waals surface area contributed by atoms with Crippen molar-refractivity contribution < 1.29 is 23.5 Å². The summed E-state index contributed by atoms with van der Waals surface area (Å²) in [5, 5.41) is 9.12. The van der Waals surface area contributed by atoms with Crippen molar-refractivity contribution in [2.75, 3.05) is 0 Å². The lowest BCUT2D eigenvalue weighted by Gasteiger charge is -2.35. The fraction of sp³-hybridized carbons (Fsp3) is 0.600. The summed E-state index contributed by atoms with van der Waals surface area (Å²) < 4.78 is 27.6. The van der Waals surface area contributed by atoms with E-state index in [-0.39, 0.29) is 35.9 Å². The Bertz CT molecular complexity index is 665. The summed E-state index contributed by atoms with van der Waals surface area (Å²) in [4.78, 5) is 26.0. The molecule has 0 radical (unpaired) electrons. The van der Waals surface area contributed by atoms with Crippen LogP contribution >= 0.6 is 0 Å². The zero-order chi connectivity index (χ0) is 18.7. The quantitative estimate of drug-likeness (QED) is 0.854. The second-order valence-electron chi connectivity index (χ2n) is 7.53. The van der Waals surface area contributed by atoms with Gasteiger partial charge < -0.3 is 10.0 Å². The number of carbonyl (C=O) groups excluding carboxylic acids is 1. The van der Waals surface area contributed by atoms with Crippen LogP contribution in [-0.4, -0.2) is 27.9 Å². The van der Waals surface area contributed by atoms with Crippen molar-refractivity contribution in [2.45, 2.75) is 64.0 Å². The van der Waals surface area contributed by atoms with Crippen molar-refractivity contribution in [3.05, 3.63) is 35.4 Å². The predicted molar refractivity (Wildman–Crippen MR) is 92.2 cm³/mol. The van der Waals surface area contributed by atoms with Gasteiger partial charge in [-0.2, -0.15) is 0 Å². The van der Waals surface area contributed by atoms with E-state index >= 15 is 0 Å². The van der Waals surface area contributed by atoms with E-state index in [1.54, 1.807) is 4.90 Å². The fourth-order valence-electron chi connectivity index (χ4n) is 4.27. The first-order valence-corrected chi connectivity index (χ1v) is 9.43. The van der Waals surface area contributed by atoms with Crippen LogP contribution in [0.5, 0.6) is 0 Å². The third-order valence-electron chi connectivity index (χ3n) is 5.82. The number of carboxylic acid groups (broad SMARTS) is 1. The van der Waals surface area contributed by atoms with Gasteiger partial charge in [0.1, 0.15) is 11.6 Å². The van der Waals surface area contributed by atoms with Crippen LogP contribution in [0.4, 0.5) is 8.78 Å². The average Bonchev–Trinajstić information content (AvgIpc) is 3.16. The maximum atomic E-state index is 14.1. The molecule has 1 aromatic carbocycles. The number of nitrogens with zero attached hydrogens (tertiary/aromatic N) is 1. The molecule has 2 aliphatic carbocycles. The molecule has 142 valence electrons. The molecule has 0 spiro atoms. The van der Waals surface area contributed by atoms with Crippen molar-refractivity contribution in [2.24, 2.45) is 11.8 Å². The van der Waals surface area contributed by atoms with Gasteiger partial charge in [-0.15, -0.1) is 0 Å². The normalized spacial score (nSPS) is 23.8. The number of rotatable bonds is 5. The summed E-state index contributed by atoms with van der Waals surface area (Å²) in [5.41, 5.74) is 0.199. The zero-order valence-electron chi connectivity index (χ0n) is 14.8. The van der Waals surface area contributed by atoms with E-state index in [9.17, 15) is 18.4 Å². The first-order chi connectivity index (χ1) is 12.5. The molecule has 26 heavy (non-hydrogen) atoms. The van der Waals surface area contributed by atoms with Gasteiger partial charge in [0.2, 0.25) is 5.91 Å². The van der Waals surface area contributed by atoms with E-state index in [0.29, 0.717) is 25.7 Å². The van der Waals surface area contributed by atoms with Crippen LogP contribution < -0.4 is 0 Å². The third-order valence-corrected chi connectivity index (χ3v) is 5.82. The highest BCUT2D eigenvalue weighted by Crippen LogP contribution is 2.33. The molecular weight excluding hydrogens is 340 g/mol. The largest absolute Gasteiger partial charge is 0.481 e. The van der Waals surface area contributed by atoms with Gasteiger partial charge in [-0.3, -0.25) is 9.59 Å². The molecule has 0 saturated heterocycles. The zero-order valence-corrected chi connectivity index (χ0v) is 14.8. The van der Waals surface area contributed by atoms with Crippen LogP contribution in [0.25, 0.3) is 0 Å². The Kier molecular flexibility index (Phi) is 5.89. The molecule has 2 aliphatic rings. The van der Waals surface area contributed by atoms with Gasteiger partial charge in [0.25, 0.3) is 0 Å². The van der Waals surface area contributed by atoms with Crippen LogP contribution in [0.3, 0.4) is 0 Å². The Morgan fingerprint density at radius 2 is 1.62 bits per heavy atom. The average molecular weight is 365 g/mol. The molecule has 3 rings (SSSR count). The Balaban J connectivity index is 1.74. The topological polar surface area (TPSA) is 57.6 Å². The van der Waals surface area contributed by atoms with Crippen molar-refractivity contribution >= 4 is 11.9 Å². The maximum absolute atomic E-state index is 14.1. The highest BCUT2D eigenvalue weighted by atomic mass is 19.1. The maximum Gasteiger partial charge on any atom is 0.306 e. The number of benzene rings is 1. The Morgan fingerprint density at radius 1 is 1.00 bits per heavy atom. The summed E-state index contributed by atoms with van der Waals surface area (Å²) in [6.45, 7) is 0.0753. The standard InChI is InChI=1S/C20H25F2NO3/c21-16-9-10-18(22)15(11-16)12-23(17-3-1-2-4-17)19(24)13-5-7-14(8-6-13)20(25)26/h9-11,13-14,17H,1-8,12H2,(H,25,26). The summed E-state index contributed by atoms with van der Waals surface area (Å²) in [5.74, 6) is -2.45. The summed E-state index contributed by atoms with van der Waals surface area (Å²) in [6.07, 6.45) is 5.92. The molecule has 2 fully saturated rings. The van der Waals surface area contributed by atoms with E-state index in [0.717, 1.165) is 43.9 Å². The molecule has 2 saturated carbocycles. The molecular formula is C20H25F2NO3. The molecule has 0 bridgehead atoms. The van der Waals surface area contributed by atoms with Crippen LogP contribution in [0.1, 0.15) is 56.9 Å². The van der Waals surface area contributed by atoms with Gasteiger partial charge in [-0.25, -0.2) is 8.78 Å². The Morgan fingerprint density at radius 3 is 2.23 bits per heavy atom. The van der Waals surface area contributed by atoms with Crippen LogP contribution in [0.15, 0.2) is 18.2 Å². The molecule has 6 heteroatoms. The Hall–Kier alpha value is -1.98. The molecule has 1 amide bonds. The predicted octanol–water partition coefficient (Wildman–Crippen LogP) is 4.13. The van der Waals surface area contributed by atoms with E-state index in [1.165, 1.54) is 0 Å². The third kappa shape index (κ3) is 4.22. The van der Waals surface area contributed by atoms with Crippen molar-refractivity contribution in [3.8, 4) is 0 Å². The van der Waals surface area contributed by atoms with Gasteiger partial charge in [-0.05, 0) is 56.7 Å². The summed E-state index contributed by atoms with van der Waals surface area (Å²) in [7, 11) is 0. The number of carbonyl (C=O) groups is 2. The SMILES string of the molecule is O=C(O)C1CCC(C(=O)N(Cc2cc(F)ccc2F)C2CCCC2)CC1. The first kappa shape index (κ1) is 18.8. The number of amides is 1. The van der Waals surface area contributed by atoms with Crippen LogP contribution in [0.2, 0.25) is 0 Å². The Labute approximate surface area is 152 Å². The number of hydrogen-bond donors (Lipinski definition) is 1. The van der Waals surface area contributed by atoms with Crippen molar-refractivity contribution in [1.82, 2.24) is 4.90 Å². The summed E-state index contributed by atoms with van der Waals surface area (Å²) >= 11 is 0. The van der Waals surface area contributed by atoms with E-state index in [2.05, 4.69) is 0 Å². The molecule has 1 aromatic rings. The highest BCUT2D eigenvalue weighted by molar-refractivity contribution is 5.80. The first-order valence-electron chi connectivity index (χ1n) is 9.43. The number of carboxylic acids is 1. The van der Waals surface area contributed by atoms with Crippen LogP contribution in [0, 0.1) is 23.5 Å². The second kappa shape index (κ2) is 8.14. The minimum Gasteiger partial charge on any atom is -0.481 e. The van der Waals surface area contributed by atoms with Crippen molar-refractivity contribution in [1.29, 1.82) is 0 Å². The fourth-order valence-corrected chi connectivity index (χ4v) is 4.27. The summed E-state index contributed by atoms with van der Waals surface area (Å²) in [6, 6.07) is 3.39. The lowest BCUT2D eigenvalue weighted by Crippen LogP contribution is -2.43. The number of hydrogen-bond acceptors (Lipinski definition) is 2. The molecule has 0 unspecified atom stereocenters. The molecule has 1 N–H and O–H groups in total. The smallest absolute Gasteiger partial charge is 0.306 e. The van der Waals surface area contributed by atoms with E-state index in [1.807, 2.05) is 0 Å². The lowest BCUT2D eigenvalue weighted by atomic mass is 9.81. The lowest BCUT2D eigenvalue weighted by molar-refractivity contribution is -0.146. The number of aliphatic carboxylic acids is 1. The van der Waals surface area contributed by atoms with Crippen LogP contribution in [-0.2, 0) is 16.1 Å². The molecule has 0 aromatic heterocycles. The second-order valence-corrected chi connectivity index (χ2v) is 7.53.